The molecule has 0 aliphatic heterocycles. The third-order valence-corrected chi connectivity index (χ3v) is 24.0. The number of aliphatic hydroxyl groups is 1. The molecule has 0 aromatic heterocycles. The molecule has 0 spiro atoms. The summed E-state index contributed by atoms with van der Waals surface area (Å²) in [6.07, 6.45) is 77.9. The maximum Gasteiger partial charge on any atom is 0.472 e. The zero-order chi connectivity index (χ0) is 81.3. The molecule has 0 amide bonds. The monoisotopic (exact) mass is 1620 g/mol. The zero-order valence-electron chi connectivity index (χ0n) is 73.3. The zero-order valence-corrected chi connectivity index (χ0v) is 75.1. The molecular weight excluding hydrogens is 1440 g/mol. The van der Waals surface area contributed by atoms with Crippen LogP contribution in [-0.2, 0) is 65.4 Å². The van der Waals surface area contributed by atoms with Gasteiger partial charge in [-0.2, -0.15) is 0 Å². The maximum atomic E-state index is 13.2. The number of hydrogen-bond donors (Lipinski definition) is 3. The van der Waals surface area contributed by atoms with E-state index in [0.717, 1.165) is 102 Å². The minimum absolute atomic E-state index is 0.108. The number of unbranched alkanes of at least 4 members (excludes halogenated alkanes) is 60. The minimum Gasteiger partial charge on any atom is -0.462 e. The fourth-order valence-corrected chi connectivity index (χ4v) is 16.0. The summed E-state index contributed by atoms with van der Waals surface area (Å²) in [7, 11) is -9.94. The van der Waals surface area contributed by atoms with Gasteiger partial charge in [-0.05, 0) is 37.5 Å². The van der Waals surface area contributed by atoms with Gasteiger partial charge in [0.2, 0.25) is 0 Å². The van der Waals surface area contributed by atoms with Crippen LogP contribution in [0.5, 0.6) is 0 Å². The van der Waals surface area contributed by atoms with E-state index < -0.39 is 97.5 Å². The van der Waals surface area contributed by atoms with Crippen molar-refractivity contribution in [2.45, 2.75) is 516 Å². The molecule has 111 heavy (non-hydrogen) atoms. The molecule has 3 N–H and O–H groups in total. The standard InChI is InChI=1S/C92H180O17P2/c1-7-10-12-14-16-18-20-22-24-26-28-29-30-32-34-36-41-45-51-58-64-70-76-91(96)108-87(80-102-89(94)74-68-62-56-50-44-40-35-33-31-27-25-23-21-19-17-15-13-11-8-2)82-106-110(98,99)104-78-86(93)79-105-111(100,101)107-83-88(81-103-90(95)75-69-63-57-53-47-48-54-60-66-72-84(4)5)109-92(97)77-71-65-59-52-46-42-38-37-39-43-49-55-61-67-73-85(6)9-3/h84-88,93H,7-83H2,1-6H3,(H,98,99)(H,100,101)/t85?,86-,87-,88-/m1/s1. The molecule has 19 heteroatoms. The van der Waals surface area contributed by atoms with Crippen LogP contribution in [0.4, 0.5) is 0 Å². The van der Waals surface area contributed by atoms with Gasteiger partial charge < -0.3 is 33.8 Å². The number of hydrogen-bond acceptors (Lipinski definition) is 15. The van der Waals surface area contributed by atoms with Crippen molar-refractivity contribution in [3.63, 3.8) is 0 Å². The Balaban J connectivity index is 5.25. The van der Waals surface area contributed by atoms with Crippen LogP contribution < -0.4 is 0 Å². The van der Waals surface area contributed by atoms with Crippen LogP contribution in [0.2, 0.25) is 0 Å². The molecule has 660 valence electrons. The molecule has 0 rings (SSSR count). The van der Waals surface area contributed by atoms with Crippen molar-refractivity contribution in [1.82, 2.24) is 0 Å². The Kier molecular flexibility index (Phi) is 81.7. The molecule has 0 aliphatic rings. The van der Waals surface area contributed by atoms with Gasteiger partial charge in [-0.15, -0.1) is 0 Å². The maximum absolute atomic E-state index is 13.2. The molecule has 0 aromatic rings. The topological polar surface area (TPSA) is 237 Å². The highest BCUT2D eigenvalue weighted by atomic mass is 31.2. The Morgan fingerprint density at radius 3 is 0.685 bits per heavy atom. The van der Waals surface area contributed by atoms with Gasteiger partial charge in [-0.1, -0.05) is 446 Å². The quantitative estimate of drug-likeness (QED) is 0.0222. The largest absolute Gasteiger partial charge is 0.472 e. The minimum atomic E-state index is -4.97. The molecule has 0 saturated carbocycles. The Labute approximate surface area is 683 Å². The number of carbonyl (C=O) groups is 4. The highest BCUT2D eigenvalue weighted by molar-refractivity contribution is 7.47. The fraction of sp³-hybridized carbons (Fsp3) is 0.957. The van der Waals surface area contributed by atoms with Gasteiger partial charge in [-0.25, -0.2) is 9.13 Å². The SMILES string of the molecule is CCCCCCCCCCCCCCCCCCCCCCCCC(=O)O[C@H](COC(=O)CCCCCCCCCCCCCCCCCCCCC)COP(=O)(O)OC[C@@H](O)COP(=O)(O)OC[C@@H](COC(=O)CCCCCCCCCCCC(C)C)OC(=O)CCCCCCCCCCCCCCCCC(C)CC. The lowest BCUT2D eigenvalue weighted by molar-refractivity contribution is -0.161. The van der Waals surface area contributed by atoms with Gasteiger partial charge in [0, 0.05) is 25.7 Å². The third-order valence-electron chi connectivity index (χ3n) is 22.1. The summed E-state index contributed by atoms with van der Waals surface area (Å²) in [6, 6.07) is 0. The van der Waals surface area contributed by atoms with Crippen molar-refractivity contribution in [3.8, 4) is 0 Å². The van der Waals surface area contributed by atoms with E-state index in [0.29, 0.717) is 25.7 Å². The van der Waals surface area contributed by atoms with E-state index in [1.165, 1.54) is 315 Å². The summed E-state index contributed by atoms with van der Waals surface area (Å²) < 4.78 is 69.1. The molecular formula is C92H180O17P2. The molecule has 0 radical (unpaired) electrons. The fourth-order valence-electron chi connectivity index (χ4n) is 14.4. The van der Waals surface area contributed by atoms with Gasteiger partial charge >= 0.3 is 39.5 Å². The highest BCUT2D eigenvalue weighted by Gasteiger charge is 2.31. The number of phosphoric ester groups is 2. The van der Waals surface area contributed by atoms with Crippen LogP contribution in [-0.4, -0.2) is 96.7 Å². The second kappa shape index (κ2) is 83.1. The number of phosphoric acid groups is 2. The molecule has 0 bridgehead atoms. The Hall–Kier alpha value is -1.94. The lowest BCUT2D eigenvalue weighted by Gasteiger charge is -2.21. The number of ether oxygens (including phenoxy) is 4. The van der Waals surface area contributed by atoms with Crippen LogP contribution in [0.15, 0.2) is 0 Å². The number of esters is 4. The number of rotatable bonds is 91. The first-order valence-electron chi connectivity index (χ1n) is 47.5. The molecule has 17 nitrogen and oxygen atoms in total. The van der Waals surface area contributed by atoms with Crippen molar-refractivity contribution in [2.24, 2.45) is 11.8 Å². The molecule has 6 atom stereocenters. The Bertz CT molecular complexity index is 2120. The van der Waals surface area contributed by atoms with Gasteiger partial charge in [-0.3, -0.25) is 37.3 Å². The average Bonchev–Trinajstić information content (AvgIpc) is 0.898. The van der Waals surface area contributed by atoms with Gasteiger partial charge in [0.1, 0.15) is 19.3 Å². The molecule has 0 heterocycles. The predicted octanol–water partition coefficient (Wildman–Crippen LogP) is 28.6. The summed E-state index contributed by atoms with van der Waals surface area (Å²) in [5.74, 6) is -0.506. The molecule has 0 fully saturated rings. The van der Waals surface area contributed by atoms with Gasteiger partial charge in [0.15, 0.2) is 12.2 Å². The van der Waals surface area contributed by atoms with Gasteiger partial charge in [0.05, 0.1) is 26.4 Å². The van der Waals surface area contributed by atoms with Gasteiger partial charge in [0.25, 0.3) is 0 Å². The number of aliphatic hydroxyl groups excluding tert-OH is 1. The summed E-state index contributed by atoms with van der Waals surface area (Å²) in [4.78, 5) is 73.5. The van der Waals surface area contributed by atoms with E-state index in [2.05, 4.69) is 41.5 Å². The van der Waals surface area contributed by atoms with E-state index >= 15 is 0 Å². The predicted molar refractivity (Wildman–Crippen MR) is 460 cm³/mol. The highest BCUT2D eigenvalue weighted by Crippen LogP contribution is 2.45. The first-order chi connectivity index (χ1) is 53.9. The summed E-state index contributed by atoms with van der Waals surface area (Å²) in [6.45, 7) is 9.74. The van der Waals surface area contributed by atoms with E-state index in [4.69, 9.17) is 37.0 Å². The Morgan fingerprint density at radius 2 is 0.459 bits per heavy atom. The Morgan fingerprint density at radius 1 is 0.261 bits per heavy atom. The molecule has 0 saturated heterocycles. The third kappa shape index (κ3) is 84.3. The van der Waals surface area contributed by atoms with Crippen LogP contribution in [0.3, 0.4) is 0 Å². The smallest absolute Gasteiger partial charge is 0.462 e. The molecule has 0 aliphatic carbocycles. The van der Waals surface area contributed by atoms with Crippen LogP contribution >= 0.6 is 15.6 Å². The second-order valence-corrected chi connectivity index (χ2v) is 36.7. The van der Waals surface area contributed by atoms with E-state index in [9.17, 15) is 43.2 Å². The van der Waals surface area contributed by atoms with Crippen LogP contribution in [0.25, 0.3) is 0 Å². The summed E-state index contributed by atoms with van der Waals surface area (Å²) in [5.41, 5.74) is 0. The van der Waals surface area contributed by atoms with Crippen molar-refractivity contribution in [1.29, 1.82) is 0 Å². The van der Waals surface area contributed by atoms with Crippen molar-refractivity contribution >= 4 is 39.5 Å². The van der Waals surface area contributed by atoms with E-state index in [-0.39, 0.29) is 25.7 Å². The van der Waals surface area contributed by atoms with Crippen molar-refractivity contribution < 1.29 is 80.2 Å². The van der Waals surface area contributed by atoms with E-state index in [1.807, 2.05) is 0 Å². The lowest BCUT2D eigenvalue weighted by atomic mass is 9.99. The summed E-state index contributed by atoms with van der Waals surface area (Å²) in [5, 5.41) is 10.7. The van der Waals surface area contributed by atoms with Crippen molar-refractivity contribution in [3.05, 3.63) is 0 Å². The van der Waals surface area contributed by atoms with Crippen molar-refractivity contribution in [2.75, 3.05) is 39.6 Å². The first-order valence-corrected chi connectivity index (χ1v) is 50.5. The molecule has 3 unspecified atom stereocenters. The van der Waals surface area contributed by atoms with E-state index in [1.54, 1.807) is 0 Å². The summed E-state index contributed by atoms with van der Waals surface area (Å²) >= 11 is 0. The second-order valence-electron chi connectivity index (χ2n) is 33.8. The van der Waals surface area contributed by atoms with Crippen LogP contribution in [0, 0.1) is 11.8 Å². The average molecular weight is 1620 g/mol. The molecule has 0 aromatic carbocycles. The number of carbonyl (C=O) groups excluding carboxylic acids is 4. The normalized spacial score (nSPS) is 14.0. The first kappa shape index (κ1) is 109. The van der Waals surface area contributed by atoms with Crippen LogP contribution in [0.1, 0.15) is 497 Å². The lowest BCUT2D eigenvalue weighted by Crippen LogP contribution is -2.30.